The van der Waals surface area contributed by atoms with E-state index in [2.05, 4.69) is 34.7 Å². The van der Waals surface area contributed by atoms with Crippen LogP contribution in [0.1, 0.15) is 19.4 Å². The van der Waals surface area contributed by atoms with Crippen LogP contribution in [0.3, 0.4) is 0 Å². The monoisotopic (exact) mass is 234 g/mol. The number of nitrogens with zero attached hydrogens (tertiary/aromatic N) is 3. The summed E-state index contributed by atoms with van der Waals surface area (Å²) in [5.74, 6) is 1.07. The molecule has 0 unspecified atom stereocenters. The molecule has 94 valence electrons. The van der Waals surface area contributed by atoms with Gasteiger partial charge in [-0.3, -0.25) is 4.90 Å². The number of anilines is 1. The molecule has 0 saturated carbocycles. The van der Waals surface area contributed by atoms with Crippen molar-refractivity contribution < 1.29 is 0 Å². The van der Waals surface area contributed by atoms with E-state index in [0.29, 0.717) is 12.6 Å². The Labute approximate surface area is 103 Å². The van der Waals surface area contributed by atoms with Gasteiger partial charge in [-0.25, -0.2) is 4.98 Å². The molecule has 1 aromatic heterocycles. The molecule has 1 saturated heterocycles. The van der Waals surface area contributed by atoms with E-state index in [1.807, 2.05) is 12.3 Å². The van der Waals surface area contributed by atoms with Gasteiger partial charge in [-0.05, 0) is 31.5 Å². The van der Waals surface area contributed by atoms with Gasteiger partial charge < -0.3 is 10.6 Å². The molecule has 0 amide bonds. The van der Waals surface area contributed by atoms with E-state index in [0.717, 1.165) is 37.6 Å². The average Bonchev–Trinajstić information content (AvgIpc) is 2.39. The minimum Gasteiger partial charge on any atom is -0.354 e. The summed E-state index contributed by atoms with van der Waals surface area (Å²) in [7, 11) is 0. The third kappa shape index (κ3) is 2.96. The van der Waals surface area contributed by atoms with Crippen molar-refractivity contribution >= 4 is 5.82 Å². The Morgan fingerprint density at radius 2 is 2.00 bits per heavy atom. The van der Waals surface area contributed by atoms with E-state index in [1.165, 1.54) is 0 Å². The molecule has 0 radical (unpaired) electrons. The van der Waals surface area contributed by atoms with Gasteiger partial charge in [-0.15, -0.1) is 0 Å². The van der Waals surface area contributed by atoms with Crippen LogP contribution in [0.15, 0.2) is 18.3 Å². The molecule has 0 bridgehead atoms. The Hall–Kier alpha value is -1.13. The molecule has 1 aliphatic rings. The molecule has 2 heterocycles. The van der Waals surface area contributed by atoms with Gasteiger partial charge in [0.25, 0.3) is 0 Å². The van der Waals surface area contributed by atoms with Gasteiger partial charge in [0, 0.05) is 45.0 Å². The lowest BCUT2D eigenvalue weighted by Crippen LogP contribution is -2.49. The predicted octanol–water partition coefficient (Wildman–Crippen LogP) is 1.07. The molecule has 2 rings (SSSR count). The van der Waals surface area contributed by atoms with Crippen LogP contribution in [-0.2, 0) is 6.54 Å². The minimum absolute atomic E-state index is 0.585. The van der Waals surface area contributed by atoms with Crippen molar-refractivity contribution in [2.24, 2.45) is 5.73 Å². The van der Waals surface area contributed by atoms with Crippen molar-refractivity contribution in [2.45, 2.75) is 26.4 Å². The van der Waals surface area contributed by atoms with Crippen LogP contribution in [0, 0.1) is 0 Å². The SMILES string of the molecule is CC(C)N1CCN(c2cc(CN)ccn2)CC1. The molecule has 4 heteroatoms. The first-order valence-electron chi connectivity index (χ1n) is 6.34. The minimum atomic E-state index is 0.585. The molecular formula is C13H22N4. The van der Waals surface area contributed by atoms with Crippen LogP contribution in [0.4, 0.5) is 5.82 Å². The Bertz CT molecular complexity index is 356. The molecule has 1 aliphatic heterocycles. The molecule has 17 heavy (non-hydrogen) atoms. The summed E-state index contributed by atoms with van der Waals surface area (Å²) >= 11 is 0. The zero-order chi connectivity index (χ0) is 12.3. The van der Waals surface area contributed by atoms with Crippen molar-refractivity contribution in [3.8, 4) is 0 Å². The lowest BCUT2D eigenvalue weighted by atomic mass is 10.2. The van der Waals surface area contributed by atoms with Crippen LogP contribution >= 0.6 is 0 Å². The third-order valence-corrected chi connectivity index (χ3v) is 3.41. The lowest BCUT2D eigenvalue weighted by molar-refractivity contribution is 0.209. The van der Waals surface area contributed by atoms with Crippen LogP contribution in [0.25, 0.3) is 0 Å². The Morgan fingerprint density at radius 1 is 1.29 bits per heavy atom. The highest BCUT2D eigenvalue weighted by atomic mass is 15.3. The molecule has 4 nitrogen and oxygen atoms in total. The summed E-state index contributed by atoms with van der Waals surface area (Å²) in [4.78, 5) is 9.28. The Morgan fingerprint density at radius 3 is 2.59 bits per heavy atom. The zero-order valence-corrected chi connectivity index (χ0v) is 10.8. The molecule has 0 aliphatic carbocycles. The van der Waals surface area contributed by atoms with E-state index < -0.39 is 0 Å². The standard InChI is InChI=1S/C13H22N4/c1-11(2)16-5-7-17(8-6-16)13-9-12(10-14)3-4-15-13/h3-4,9,11H,5-8,10,14H2,1-2H3. The summed E-state index contributed by atoms with van der Waals surface area (Å²) in [5.41, 5.74) is 6.81. The van der Waals surface area contributed by atoms with Gasteiger partial charge in [0.05, 0.1) is 0 Å². The highest BCUT2D eigenvalue weighted by Crippen LogP contribution is 2.15. The first-order valence-corrected chi connectivity index (χ1v) is 6.34. The van der Waals surface area contributed by atoms with E-state index in [1.54, 1.807) is 0 Å². The normalized spacial score (nSPS) is 17.8. The predicted molar refractivity (Wildman–Crippen MR) is 71.1 cm³/mol. The topological polar surface area (TPSA) is 45.4 Å². The quantitative estimate of drug-likeness (QED) is 0.850. The fourth-order valence-corrected chi connectivity index (χ4v) is 2.23. The summed E-state index contributed by atoms with van der Waals surface area (Å²) in [6, 6.07) is 4.72. The molecule has 0 atom stereocenters. The van der Waals surface area contributed by atoms with Crippen LogP contribution in [0.5, 0.6) is 0 Å². The van der Waals surface area contributed by atoms with Gasteiger partial charge >= 0.3 is 0 Å². The van der Waals surface area contributed by atoms with Gasteiger partial charge in [-0.1, -0.05) is 0 Å². The Kier molecular flexibility index (Phi) is 3.97. The molecule has 2 N–H and O–H groups in total. The van der Waals surface area contributed by atoms with Crippen molar-refractivity contribution in [3.63, 3.8) is 0 Å². The Balaban J connectivity index is 2.00. The number of nitrogens with two attached hydrogens (primary N) is 1. The van der Waals surface area contributed by atoms with Crippen molar-refractivity contribution in [1.29, 1.82) is 0 Å². The van der Waals surface area contributed by atoms with Gasteiger partial charge in [0.1, 0.15) is 5.82 Å². The number of rotatable bonds is 3. The van der Waals surface area contributed by atoms with Crippen LogP contribution < -0.4 is 10.6 Å². The second kappa shape index (κ2) is 5.47. The molecule has 0 aromatic carbocycles. The largest absolute Gasteiger partial charge is 0.354 e. The number of pyridine rings is 1. The number of aromatic nitrogens is 1. The first kappa shape index (κ1) is 12.3. The molecule has 0 spiro atoms. The molecule has 1 fully saturated rings. The van der Waals surface area contributed by atoms with Crippen molar-refractivity contribution in [1.82, 2.24) is 9.88 Å². The maximum atomic E-state index is 5.66. The maximum Gasteiger partial charge on any atom is 0.128 e. The van der Waals surface area contributed by atoms with Gasteiger partial charge in [0.2, 0.25) is 0 Å². The highest BCUT2D eigenvalue weighted by Gasteiger charge is 2.19. The van der Waals surface area contributed by atoms with Crippen molar-refractivity contribution in [2.75, 3.05) is 31.1 Å². The second-order valence-electron chi connectivity index (χ2n) is 4.84. The molecular weight excluding hydrogens is 212 g/mol. The van der Waals surface area contributed by atoms with Crippen LogP contribution in [0.2, 0.25) is 0 Å². The number of piperazine rings is 1. The van der Waals surface area contributed by atoms with Crippen molar-refractivity contribution in [3.05, 3.63) is 23.9 Å². The fraction of sp³-hybridized carbons (Fsp3) is 0.615. The van der Waals surface area contributed by atoms with E-state index in [-0.39, 0.29) is 0 Å². The third-order valence-electron chi connectivity index (χ3n) is 3.41. The van der Waals surface area contributed by atoms with E-state index in [4.69, 9.17) is 5.73 Å². The van der Waals surface area contributed by atoms with Gasteiger partial charge in [0.15, 0.2) is 0 Å². The van der Waals surface area contributed by atoms with E-state index >= 15 is 0 Å². The second-order valence-corrected chi connectivity index (χ2v) is 4.84. The van der Waals surface area contributed by atoms with Crippen LogP contribution in [-0.4, -0.2) is 42.1 Å². The summed E-state index contributed by atoms with van der Waals surface area (Å²) < 4.78 is 0. The lowest BCUT2D eigenvalue weighted by Gasteiger charge is -2.37. The highest BCUT2D eigenvalue weighted by molar-refractivity contribution is 5.41. The smallest absolute Gasteiger partial charge is 0.128 e. The summed E-state index contributed by atoms with van der Waals surface area (Å²) in [5, 5.41) is 0. The number of hydrogen-bond donors (Lipinski definition) is 1. The maximum absolute atomic E-state index is 5.66. The first-order chi connectivity index (χ1) is 8.20. The van der Waals surface area contributed by atoms with Gasteiger partial charge in [-0.2, -0.15) is 0 Å². The fourth-order valence-electron chi connectivity index (χ4n) is 2.23. The average molecular weight is 234 g/mol. The summed E-state index contributed by atoms with van der Waals surface area (Å²) in [6.07, 6.45) is 1.85. The number of hydrogen-bond acceptors (Lipinski definition) is 4. The molecule has 1 aromatic rings. The summed E-state index contributed by atoms with van der Waals surface area (Å²) in [6.45, 7) is 9.43. The zero-order valence-electron chi connectivity index (χ0n) is 10.8. The van der Waals surface area contributed by atoms with E-state index in [9.17, 15) is 0 Å².